The molecule has 1 nitrogen and oxygen atoms in total. The molecule has 4 rings (SSSR count). The number of hydrogen-bond acceptors (Lipinski definition) is 1. The quantitative estimate of drug-likeness (QED) is 0.262. The highest BCUT2D eigenvalue weighted by molar-refractivity contribution is 5.89. The van der Waals surface area contributed by atoms with Crippen molar-refractivity contribution in [3.05, 3.63) is 95.3 Å². The van der Waals surface area contributed by atoms with Crippen LogP contribution in [0.4, 0.5) is 13.2 Å². The van der Waals surface area contributed by atoms with Gasteiger partial charge in [0.25, 0.3) is 0 Å². The lowest BCUT2D eigenvalue weighted by Gasteiger charge is -2.11. The molecule has 33 heavy (non-hydrogen) atoms. The van der Waals surface area contributed by atoms with Gasteiger partial charge in [0.15, 0.2) is 0 Å². The van der Waals surface area contributed by atoms with E-state index in [2.05, 4.69) is 6.92 Å². The predicted octanol–water partition coefficient (Wildman–Crippen LogP) is 8.59. The second-order valence-electron chi connectivity index (χ2n) is 8.29. The average molecular weight is 444 g/mol. The van der Waals surface area contributed by atoms with E-state index in [-0.39, 0.29) is 16.9 Å². The molecule has 4 heteroatoms. The maximum Gasteiger partial charge on any atom is 0.141 e. The van der Waals surface area contributed by atoms with E-state index in [4.69, 9.17) is 5.26 Å². The number of hydrogen-bond donors (Lipinski definition) is 0. The monoisotopic (exact) mass is 443 g/mol. The highest BCUT2D eigenvalue weighted by atomic mass is 19.1. The van der Waals surface area contributed by atoms with Gasteiger partial charge in [-0.2, -0.15) is 5.26 Å². The van der Waals surface area contributed by atoms with Crippen LogP contribution in [0.3, 0.4) is 0 Å². The zero-order chi connectivity index (χ0) is 23.4. The van der Waals surface area contributed by atoms with E-state index in [0.29, 0.717) is 22.1 Å². The third kappa shape index (κ3) is 4.78. The summed E-state index contributed by atoms with van der Waals surface area (Å²) >= 11 is 0. The number of unbranched alkanes of at least 4 members (excludes halogenated alkanes) is 3. The summed E-state index contributed by atoms with van der Waals surface area (Å²) in [5.41, 5.74) is 2.33. The van der Waals surface area contributed by atoms with E-state index < -0.39 is 11.6 Å². The van der Waals surface area contributed by atoms with Crippen molar-refractivity contribution in [3.8, 4) is 28.3 Å². The van der Waals surface area contributed by atoms with E-state index >= 15 is 4.39 Å². The number of nitriles is 1. The topological polar surface area (TPSA) is 23.8 Å². The van der Waals surface area contributed by atoms with E-state index in [0.717, 1.165) is 24.3 Å². The molecule has 0 heterocycles. The molecule has 0 atom stereocenters. The Morgan fingerprint density at radius 2 is 1.45 bits per heavy atom. The molecule has 0 fully saturated rings. The van der Waals surface area contributed by atoms with Crippen molar-refractivity contribution >= 4 is 10.8 Å². The van der Waals surface area contributed by atoms with Crippen molar-refractivity contribution in [1.82, 2.24) is 0 Å². The van der Waals surface area contributed by atoms with Gasteiger partial charge in [0.2, 0.25) is 0 Å². The van der Waals surface area contributed by atoms with Crippen molar-refractivity contribution in [2.24, 2.45) is 0 Å². The van der Waals surface area contributed by atoms with Crippen LogP contribution in [0.2, 0.25) is 0 Å². The Hall–Kier alpha value is -3.58. The average Bonchev–Trinajstić information content (AvgIpc) is 2.82. The molecule has 0 saturated heterocycles. The van der Waals surface area contributed by atoms with Gasteiger partial charge in [-0.3, -0.25) is 0 Å². The van der Waals surface area contributed by atoms with E-state index in [9.17, 15) is 8.78 Å². The zero-order valence-electron chi connectivity index (χ0n) is 18.5. The molecule has 0 aliphatic heterocycles. The highest BCUT2D eigenvalue weighted by Crippen LogP contribution is 2.33. The molecule has 0 N–H and O–H groups in total. The van der Waals surface area contributed by atoms with Crippen LogP contribution in [0.25, 0.3) is 33.0 Å². The lowest BCUT2D eigenvalue weighted by molar-refractivity contribution is 0.622. The third-order valence-corrected chi connectivity index (χ3v) is 6.02. The summed E-state index contributed by atoms with van der Waals surface area (Å²) < 4.78 is 44.2. The van der Waals surface area contributed by atoms with Gasteiger partial charge in [-0.15, -0.1) is 0 Å². The smallest absolute Gasteiger partial charge is 0.141 e. The largest absolute Gasteiger partial charge is 0.206 e. The van der Waals surface area contributed by atoms with E-state index in [1.54, 1.807) is 24.3 Å². The molecule has 0 radical (unpaired) electrons. The van der Waals surface area contributed by atoms with Crippen molar-refractivity contribution in [2.45, 2.75) is 39.0 Å². The van der Waals surface area contributed by atoms with Gasteiger partial charge in [-0.05, 0) is 53.1 Å². The third-order valence-electron chi connectivity index (χ3n) is 6.02. The molecular weight excluding hydrogens is 419 g/mol. The van der Waals surface area contributed by atoms with Crippen LogP contribution in [0.5, 0.6) is 0 Å². The van der Waals surface area contributed by atoms with Crippen LogP contribution >= 0.6 is 0 Å². The number of halogens is 3. The van der Waals surface area contributed by atoms with Crippen molar-refractivity contribution in [3.63, 3.8) is 0 Å². The van der Waals surface area contributed by atoms with Gasteiger partial charge in [-0.25, -0.2) is 13.2 Å². The van der Waals surface area contributed by atoms with Gasteiger partial charge >= 0.3 is 0 Å². The minimum absolute atomic E-state index is 0.0990. The first-order chi connectivity index (χ1) is 16.0. The molecule has 0 saturated carbocycles. The predicted molar refractivity (Wildman–Crippen MR) is 127 cm³/mol. The Morgan fingerprint density at radius 3 is 2.18 bits per heavy atom. The van der Waals surface area contributed by atoms with Crippen molar-refractivity contribution < 1.29 is 13.2 Å². The summed E-state index contributed by atoms with van der Waals surface area (Å²) in [4.78, 5) is 0. The minimum atomic E-state index is -0.705. The minimum Gasteiger partial charge on any atom is -0.206 e. The van der Waals surface area contributed by atoms with Gasteiger partial charge in [0, 0.05) is 16.5 Å². The number of benzene rings is 4. The molecule has 0 spiro atoms. The van der Waals surface area contributed by atoms with Gasteiger partial charge in [0.1, 0.15) is 23.5 Å². The number of rotatable bonds is 7. The Balaban J connectivity index is 1.63. The first-order valence-electron chi connectivity index (χ1n) is 11.2. The maximum absolute atomic E-state index is 15.3. The zero-order valence-corrected chi connectivity index (χ0v) is 18.5. The first kappa shape index (κ1) is 22.6. The number of nitrogens with zero attached hydrogens (tertiary/aromatic N) is 1. The molecule has 0 unspecified atom stereocenters. The molecule has 0 aliphatic carbocycles. The van der Waals surface area contributed by atoms with Crippen LogP contribution < -0.4 is 0 Å². The van der Waals surface area contributed by atoms with Gasteiger partial charge in [-0.1, -0.05) is 74.7 Å². The summed E-state index contributed by atoms with van der Waals surface area (Å²) in [6.45, 7) is 2.18. The van der Waals surface area contributed by atoms with Crippen LogP contribution in [0.15, 0.2) is 66.7 Å². The molecule has 4 aromatic carbocycles. The summed E-state index contributed by atoms with van der Waals surface area (Å²) in [5, 5.41) is 10.2. The molecule has 0 bridgehead atoms. The van der Waals surface area contributed by atoms with Crippen LogP contribution in [0, 0.1) is 28.8 Å². The highest BCUT2D eigenvalue weighted by Gasteiger charge is 2.14. The lowest BCUT2D eigenvalue weighted by atomic mass is 9.95. The fourth-order valence-corrected chi connectivity index (χ4v) is 4.17. The first-order valence-corrected chi connectivity index (χ1v) is 11.2. The summed E-state index contributed by atoms with van der Waals surface area (Å²) in [7, 11) is 0. The number of fused-ring (bicyclic) bond motifs is 1. The standard InChI is InChI=1S/C29H24F3N/c1-2-3-4-5-6-19-7-12-25-20(15-19)11-14-26(29(25)32)22-10-13-24(28(31)17-22)21-8-9-23(18-33)27(30)16-21/h7-17H,2-6H2,1H3. The molecule has 0 amide bonds. The van der Waals surface area contributed by atoms with Gasteiger partial charge in [0.05, 0.1) is 5.56 Å². The second-order valence-corrected chi connectivity index (χ2v) is 8.29. The van der Waals surface area contributed by atoms with Crippen LogP contribution in [-0.2, 0) is 6.42 Å². The Labute approximate surface area is 192 Å². The summed E-state index contributed by atoms with van der Waals surface area (Å²) in [6, 6.07) is 19.4. The molecule has 4 aromatic rings. The van der Waals surface area contributed by atoms with Crippen molar-refractivity contribution in [2.75, 3.05) is 0 Å². The normalized spacial score (nSPS) is 11.0. The maximum atomic E-state index is 15.3. The number of aryl methyl sites for hydroxylation is 1. The fourth-order valence-electron chi connectivity index (χ4n) is 4.17. The van der Waals surface area contributed by atoms with Crippen LogP contribution in [-0.4, -0.2) is 0 Å². The molecule has 166 valence electrons. The van der Waals surface area contributed by atoms with Crippen molar-refractivity contribution in [1.29, 1.82) is 5.26 Å². The molecule has 0 aliphatic rings. The fraction of sp³-hybridized carbons (Fsp3) is 0.207. The second kappa shape index (κ2) is 9.92. The summed E-state index contributed by atoms with van der Waals surface area (Å²) in [5.74, 6) is -1.68. The Kier molecular flexibility index (Phi) is 6.79. The van der Waals surface area contributed by atoms with Gasteiger partial charge < -0.3 is 0 Å². The lowest BCUT2D eigenvalue weighted by Crippen LogP contribution is -1.92. The van der Waals surface area contributed by atoms with E-state index in [1.807, 2.05) is 18.2 Å². The Bertz CT molecular complexity index is 1350. The van der Waals surface area contributed by atoms with E-state index in [1.165, 1.54) is 49.1 Å². The Morgan fingerprint density at radius 1 is 0.727 bits per heavy atom. The molecule has 0 aromatic heterocycles. The SMILES string of the molecule is CCCCCCc1ccc2c(F)c(-c3ccc(-c4ccc(C#N)c(F)c4)c(F)c3)ccc2c1. The van der Waals surface area contributed by atoms with Crippen LogP contribution in [0.1, 0.15) is 43.7 Å². The summed E-state index contributed by atoms with van der Waals surface area (Å²) in [6.07, 6.45) is 5.70. The molecular formula is C29H24F3N.